The Morgan fingerprint density at radius 1 is 1.16 bits per heavy atom. The molecule has 0 radical (unpaired) electrons. The molecule has 1 heterocycles. The molecule has 0 atom stereocenters. The Morgan fingerprint density at radius 2 is 1.84 bits per heavy atom. The monoisotopic (exact) mass is 261 g/mol. The minimum Gasteiger partial charge on any atom is -0.496 e. The number of methoxy groups -OCH3 is 2. The third kappa shape index (κ3) is 2.12. The van der Waals surface area contributed by atoms with Crippen LogP contribution in [0.15, 0.2) is 12.1 Å². The summed E-state index contributed by atoms with van der Waals surface area (Å²) in [5, 5.41) is 4.42. The van der Waals surface area contributed by atoms with Crippen LogP contribution in [0, 0.1) is 13.8 Å². The lowest BCUT2D eigenvalue weighted by molar-refractivity contribution is 0.389. The van der Waals surface area contributed by atoms with Crippen molar-refractivity contribution in [3.63, 3.8) is 0 Å². The minimum atomic E-state index is 0.616. The molecule has 0 aliphatic heterocycles. The van der Waals surface area contributed by atoms with Gasteiger partial charge in [0.25, 0.3) is 0 Å². The van der Waals surface area contributed by atoms with Crippen molar-refractivity contribution >= 4 is 5.82 Å². The summed E-state index contributed by atoms with van der Waals surface area (Å²) in [6.07, 6.45) is 0. The van der Waals surface area contributed by atoms with Crippen LogP contribution in [-0.4, -0.2) is 24.0 Å². The molecule has 0 spiro atoms. The van der Waals surface area contributed by atoms with Crippen LogP contribution < -0.4 is 15.2 Å². The molecule has 0 saturated carbocycles. The second kappa shape index (κ2) is 4.84. The summed E-state index contributed by atoms with van der Waals surface area (Å²) in [6, 6.07) is 3.83. The van der Waals surface area contributed by atoms with E-state index in [0.29, 0.717) is 5.82 Å². The third-order valence-electron chi connectivity index (χ3n) is 3.28. The first-order chi connectivity index (χ1) is 8.99. The van der Waals surface area contributed by atoms with Gasteiger partial charge in [-0.05, 0) is 25.5 Å². The van der Waals surface area contributed by atoms with Gasteiger partial charge in [0.1, 0.15) is 17.3 Å². The van der Waals surface area contributed by atoms with Gasteiger partial charge in [-0.3, -0.25) is 4.68 Å². The molecule has 0 fully saturated rings. The van der Waals surface area contributed by atoms with E-state index in [-0.39, 0.29) is 0 Å². The average molecular weight is 261 g/mol. The highest BCUT2D eigenvalue weighted by Crippen LogP contribution is 2.40. The zero-order valence-electron chi connectivity index (χ0n) is 11.9. The van der Waals surface area contributed by atoms with Gasteiger partial charge in [0.15, 0.2) is 0 Å². The van der Waals surface area contributed by atoms with Crippen LogP contribution in [0.3, 0.4) is 0 Å². The van der Waals surface area contributed by atoms with E-state index in [1.54, 1.807) is 18.9 Å². The standard InChI is InChI=1S/C14H19N3O2/c1-8-6-11(18-4)9(2)14(19-5)13(8)10-7-12(15)17(3)16-10/h6-7H,15H2,1-5H3. The lowest BCUT2D eigenvalue weighted by atomic mass is 10.00. The SMILES string of the molecule is COc1cc(C)c(-c2cc(N)n(C)n2)c(OC)c1C. The summed E-state index contributed by atoms with van der Waals surface area (Å²) in [6.45, 7) is 3.97. The molecule has 0 aliphatic rings. The fraction of sp³-hybridized carbons (Fsp3) is 0.357. The number of anilines is 1. The van der Waals surface area contributed by atoms with Gasteiger partial charge >= 0.3 is 0 Å². The van der Waals surface area contributed by atoms with E-state index in [0.717, 1.165) is 33.9 Å². The summed E-state index contributed by atoms with van der Waals surface area (Å²) >= 11 is 0. The molecule has 0 bridgehead atoms. The first-order valence-electron chi connectivity index (χ1n) is 6.01. The van der Waals surface area contributed by atoms with Gasteiger partial charge in [-0.15, -0.1) is 0 Å². The molecule has 5 heteroatoms. The summed E-state index contributed by atoms with van der Waals surface area (Å²) in [7, 11) is 5.12. The molecule has 2 aromatic rings. The van der Waals surface area contributed by atoms with Gasteiger partial charge in [-0.2, -0.15) is 5.10 Å². The Labute approximate surface area is 112 Å². The molecule has 0 unspecified atom stereocenters. The van der Waals surface area contributed by atoms with Crippen LogP contribution >= 0.6 is 0 Å². The third-order valence-corrected chi connectivity index (χ3v) is 3.28. The lowest BCUT2D eigenvalue weighted by Crippen LogP contribution is -1.99. The maximum Gasteiger partial charge on any atom is 0.135 e. The normalized spacial score (nSPS) is 10.6. The highest BCUT2D eigenvalue weighted by atomic mass is 16.5. The van der Waals surface area contributed by atoms with Crippen LogP contribution in [0.1, 0.15) is 11.1 Å². The van der Waals surface area contributed by atoms with Crippen molar-refractivity contribution in [1.82, 2.24) is 9.78 Å². The van der Waals surface area contributed by atoms with Gasteiger partial charge in [0.05, 0.1) is 19.9 Å². The lowest BCUT2D eigenvalue weighted by Gasteiger charge is -2.16. The van der Waals surface area contributed by atoms with Crippen molar-refractivity contribution in [2.75, 3.05) is 20.0 Å². The maximum atomic E-state index is 5.85. The predicted octanol–water partition coefficient (Wildman–Crippen LogP) is 2.30. The van der Waals surface area contributed by atoms with Crippen LogP contribution in [0.2, 0.25) is 0 Å². The van der Waals surface area contributed by atoms with E-state index in [1.807, 2.05) is 33.0 Å². The molecule has 0 aliphatic carbocycles. The van der Waals surface area contributed by atoms with Gasteiger partial charge < -0.3 is 15.2 Å². The Hall–Kier alpha value is -2.17. The zero-order valence-corrected chi connectivity index (χ0v) is 11.9. The number of benzene rings is 1. The topological polar surface area (TPSA) is 62.3 Å². The molecule has 102 valence electrons. The molecule has 5 nitrogen and oxygen atoms in total. The number of hydrogen-bond acceptors (Lipinski definition) is 4. The summed E-state index contributed by atoms with van der Waals surface area (Å²) in [5.41, 5.74) is 9.60. The van der Waals surface area contributed by atoms with Gasteiger partial charge in [-0.25, -0.2) is 0 Å². The Bertz CT molecular complexity index is 598. The van der Waals surface area contributed by atoms with E-state index >= 15 is 0 Å². The van der Waals surface area contributed by atoms with Gasteiger partial charge in [0.2, 0.25) is 0 Å². The number of hydrogen-bond donors (Lipinski definition) is 1. The van der Waals surface area contributed by atoms with E-state index in [2.05, 4.69) is 5.10 Å². The molecular weight excluding hydrogens is 242 g/mol. The molecule has 0 amide bonds. The Balaban J connectivity index is 2.72. The van der Waals surface area contributed by atoms with Crippen molar-refractivity contribution in [1.29, 1.82) is 0 Å². The highest BCUT2D eigenvalue weighted by Gasteiger charge is 2.18. The number of aryl methyl sites for hydroxylation is 2. The number of nitrogens with two attached hydrogens (primary N) is 1. The fourth-order valence-corrected chi connectivity index (χ4v) is 2.24. The highest BCUT2D eigenvalue weighted by molar-refractivity contribution is 5.76. The van der Waals surface area contributed by atoms with Crippen molar-refractivity contribution in [2.45, 2.75) is 13.8 Å². The Kier molecular flexibility index (Phi) is 3.38. The fourth-order valence-electron chi connectivity index (χ4n) is 2.24. The van der Waals surface area contributed by atoms with Crippen molar-refractivity contribution in [3.8, 4) is 22.8 Å². The van der Waals surface area contributed by atoms with Crippen molar-refractivity contribution < 1.29 is 9.47 Å². The van der Waals surface area contributed by atoms with Gasteiger partial charge in [0, 0.05) is 24.2 Å². The first-order valence-corrected chi connectivity index (χ1v) is 6.01. The van der Waals surface area contributed by atoms with E-state index < -0.39 is 0 Å². The summed E-state index contributed by atoms with van der Waals surface area (Å²) < 4.78 is 12.5. The second-order valence-electron chi connectivity index (χ2n) is 4.51. The first kappa shape index (κ1) is 13.3. The number of nitrogen functional groups attached to an aromatic ring is 1. The molecular formula is C14H19N3O2. The quantitative estimate of drug-likeness (QED) is 0.921. The maximum absolute atomic E-state index is 5.85. The molecule has 2 N–H and O–H groups in total. The molecule has 1 aromatic heterocycles. The Morgan fingerprint density at radius 3 is 2.32 bits per heavy atom. The van der Waals surface area contributed by atoms with Crippen molar-refractivity contribution in [2.24, 2.45) is 7.05 Å². The average Bonchev–Trinajstić information content (AvgIpc) is 2.70. The second-order valence-corrected chi connectivity index (χ2v) is 4.51. The summed E-state index contributed by atoms with van der Waals surface area (Å²) in [5.74, 6) is 2.20. The van der Waals surface area contributed by atoms with Gasteiger partial charge in [-0.1, -0.05) is 0 Å². The van der Waals surface area contributed by atoms with Crippen LogP contribution in [-0.2, 0) is 7.05 Å². The number of rotatable bonds is 3. The van der Waals surface area contributed by atoms with E-state index in [4.69, 9.17) is 15.2 Å². The zero-order chi connectivity index (χ0) is 14.2. The number of nitrogens with zero attached hydrogens (tertiary/aromatic N) is 2. The number of ether oxygens (including phenoxy) is 2. The van der Waals surface area contributed by atoms with Crippen LogP contribution in [0.25, 0.3) is 11.3 Å². The molecule has 19 heavy (non-hydrogen) atoms. The van der Waals surface area contributed by atoms with Crippen LogP contribution in [0.5, 0.6) is 11.5 Å². The van der Waals surface area contributed by atoms with Crippen molar-refractivity contribution in [3.05, 3.63) is 23.3 Å². The van der Waals surface area contributed by atoms with E-state index in [1.165, 1.54) is 0 Å². The minimum absolute atomic E-state index is 0.616. The molecule has 2 rings (SSSR count). The molecule has 1 aromatic carbocycles. The summed E-state index contributed by atoms with van der Waals surface area (Å²) in [4.78, 5) is 0. The molecule has 0 saturated heterocycles. The smallest absolute Gasteiger partial charge is 0.135 e. The van der Waals surface area contributed by atoms with Crippen LogP contribution in [0.4, 0.5) is 5.82 Å². The predicted molar refractivity (Wildman–Crippen MR) is 75.6 cm³/mol. The largest absolute Gasteiger partial charge is 0.496 e. The number of aromatic nitrogens is 2. The van der Waals surface area contributed by atoms with E-state index in [9.17, 15) is 0 Å².